The van der Waals surface area contributed by atoms with Crippen molar-refractivity contribution >= 4 is 16.8 Å². The highest BCUT2D eigenvalue weighted by atomic mass is 19.3. The molecule has 0 bridgehead atoms. The van der Waals surface area contributed by atoms with Crippen LogP contribution in [0.15, 0.2) is 29.3 Å². The van der Waals surface area contributed by atoms with Gasteiger partial charge in [-0.05, 0) is 24.6 Å². The van der Waals surface area contributed by atoms with E-state index in [0.717, 1.165) is 19.2 Å². The molecule has 0 unspecified atom stereocenters. The van der Waals surface area contributed by atoms with Gasteiger partial charge in [-0.2, -0.15) is 19.3 Å². The van der Waals surface area contributed by atoms with E-state index in [0.29, 0.717) is 0 Å². The normalized spacial score (nSPS) is 12.1. The van der Waals surface area contributed by atoms with E-state index in [1.165, 1.54) is 12.3 Å². The van der Waals surface area contributed by atoms with E-state index in [2.05, 4.69) is 15.0 Å². The molecular formula is C20H13F3N6O3. The summed E-state index contributed by atoms with van der Waals surface area (Å²) in [7, 11) is 0. The van der Waals surface area contributed by atoms with Crippen LogP contribution in [0.5, 0.6) is 0 Å². The molecule has 1 atom stereocenters. The zero-order chi connectivity index (χ0) is 23.6. The minimum Gasteiger partial charge on any atom is -0.394 e. The van der Waals surface area contributed by atoms with E-state index in [4.69, 9.17) is 5.26 Å². The molecule has 1 amide bonds. The number of aliphatic hydroxyl groups excluding tert-OH is 1. The number of amides is 1. The minimum atomic E-state index is -4.43. The summed E-state index contributed by atoms with van der Waals surface area (Å²) in [5, 5.41) is 29.2. The second kappa shape index (κ2) is 8.45. The number of hydrogen-bond donors (Lipinski definition) is 3. The molecule has 0 aliphatic carbocycles. The van der Waals surface area contributed by atoms with Gasteiger partial charge in [0.25, 0.3) is 11.5 Å². The summed E-state index contributed by atoms with van der Waals surface area (Å²) in [4.78, 5) is 34.4. The molecule has 0 spiro atoms. The van der Waals surface area contributed by atoms with Crippen molar-refractivity contribution < 1.29 is 23.1 Å². The summed E-state index contributed by atoms with van der Waals surface area (Å²) in [6.07, 6.45) is 2.16. The number of carbonyl (C=O) groups is 1. The van der Waals surface area contributed by atoms with Crippen molar-refractivity contribution in [2.75, 3.05) is 6.61 Å². The Morgan fingerprint density at radius 2 is 2.06 bits per heavy atom. The van der Waals surface area contributed by atoms with Gasteiger partial charge in [0, 0.05) is 17.8 Å². The van der Waals surface area contributed by atoms with Crippen LogP contribution in [-0.2, 0) is 10.7 Å². The average Bonchev–Trinajstić information content (AvgIpc) is 2.76. The van der Waals surface area contributed by atoms with E-state index in [1.54, 1.807) is 17.5 Å². The molecule has 0 aliphatic rings. The summed E-state index contributed by atoms with van der Waals surface area (Å²) in [6, 6.07) is 3.77. The maximum Gasteiger partial charge on any atom is 0.355 e. The van der Waals surface area contributed by atoms with Crippen molar-refractivity contribution in [2.45, 2.75) is 18.9 Å². The van der Waals surface area contributed by atoms with Crippen LogP contribution < -0.4 is 10.9 Å². The Labute approximate surface area is 177 Å². The maximum atomic E-state index is 15.1. The molecule has 9 nitrogen and oxygen atoms in total. The Balaban J connectivity index is 2.05. The summed E-state index contributed by atoms with van der Waals surface area (Å²) in [5.41, 5.74) is -3.71. The SMILES string of the molecule is Cc1c(C(F)(F)C(=O)N[C@H](CO)c2ncc(C#N)cc2F)c(=O)[nH]c2ccnc(C#N)c12. The third-order valence-corrected chi connectivity index (χ3v) is 4.70. The van der Waals surface area contributed by atoms with Crippen LogP contribution in [0.25, 0.3) is 10.9 Å². The van der Waals surface area contributed by atoms with Gasteiger partial charge in [0.2, 0.25) is 0 Å². The van der Waals surface area contributed by atoms with Crippen molar-refractivity contribution in [1.82, 2.24) is 20.3 Å². The molecule has 0 saturated carbocycles. The van der Waals surface area contributed by atoms with Gasteiger partial charge in [-0.1, -0.05) is 0 Å². The number of pyridine rings is 3. The number of nitrogens with one attached hydrogen (secondary N) is 2. The van der Waals surface area contributed by atoms with E-state index in [9.17, 15) is 24.3 Å². The zero-order valence-corrected chi connectivity index (χ0v) is 16.3. The number of aliphatic hydroxyl groups is 1. The number of aromatic nitrogens is 3. The van der Waals surface area contributed by atoms with E-state index in [1.807, 2.05) is 0 Å². The van der Waals surface area contributed by atoms with Gasteiger partial charge in [-0.15, -0.1) is 0 Å². The number of nitrogens with zero attached hydrogens (tertiary/aromatic N) is 4. The molecule has 3 rings (SSSR count). The zero-order valence-electron chi connectivity index (χ0n) is 16.3. The van der Waals surface area contributed by atoms with Gasteiger partial charge in [0.05, 0.1) is 29.3 Å². The van der Waals surface area contributed by atoms with E-state index in [-0.39, 0.29) is 27.7 Å². The van der Waals surface area contributed by atoms with E-state index >= 15 is 8.78 Å². The molecule has 0 saturated heterocycles. The number of fused-ring (bicyclic) bond motifs is 1. The molecule has 0 aromatic carbocycles. The minimum absolute atomic E-state index is 0.0596. The predicted molar refractivity (Wildman–Crippen MR) is 103 cm³/mol. The van der Waals surface area contributed by atoms with Crippen LogP contribution in [0.1, 0.15) is 34.1 Å². The highest BCUT2D eigenvalue weighted by Crippen LogP contribution is 2.32. The Morgan fingerprint density at radius 1 is 1.34 bits per heavy atom. The topological polar surface area (TPSA) is 156 Å². The maximum absolute atomic E-state index is 15.1. The fourth-order valence-electron chi connectivity index (χ4n) is 3.22. The molecule has 0 aliphatic heterocycles. The van der Waals surface area contributed by atoms with Crippen LogP contribution in [-0.4, -0.2) is 32.6 Å². The van der Waals surface area contributed by atoms with Crippen LogP contribution in [0.4, 0.5) is 13.2 Å². The van der Waals surface area contributed by atoms with Gasteiger partial charge >= 0.3 is 5.92 Å². The van der Waals surface area contributed by atoms with E-state index < -0.39 is 47.1 Å². The molecule has 0 radical (unpaired) electrons. The molecule has 3 aromatic rings. The van der Waals surface area contributed by atoms with Crippen molar-refractivity contribution in [3.8, 4) is 12.1 Å². The van der Waals surface area contributed by atoms with Crippen molar-refractivity contribution in [2.24, 2.45) is 0 Å². The van der Waals surface area contributed by atoms with Gasteiger partial charge in [-0.25, -0.2) is 9.37 Å². The predicted octanol–water partition coefficient (Wildman–Crippen LogP) is 1.45. The Hall–Kier alpha value is -4.29. The van der Waals surface area contributed by atoms with Crippen molar-refractivity contribution in [3.63, 3.8) is 0 Å². The quantitative estimate of drug-likeness (QED) is 0.540. The second-order valence-corrected chi connectivity index (χ2v) is 6.63. The Bertz CT molecular complexity index is 1370. The van der Waals surface area contributed by atoms with Crippen LogP contribution in [0.3, 0.4) is 0 Å². The first-order valence-corrected chi connectivity index (χ1v) is 8.93. The van der Waals surface area contributed by atoms with Gasteiger partial charge < -0.3 is 15.4 Å². The lowest BCUT2D eigenvalue weighted by Gasteiger charge is -2.22. The number of alkyl halides is 2. The number of nitriles is 2. The molecule has 3 heterocycles. The second-order valence-electron chi connectivity index (χ2n) is 6.63. The van der Waals surface area contributed by atoms with Crippen molar-refractivity contribution in [1.29, 1.82) is 10.5 Å². The van der Waals surface area contributed by atoms with Crippen LogP contribution >= 0.6 is 0 Å². The first kappa shape index (κ1) is 22.4. The monoisotopic (exact) mass is 442 g/mol. The molecule has 32 heavy (non-hydrogen) atoms. The highest BCUT2D eigenvalue weighted by molar-refractivity contribution is 5.91. The smallest absolute Gasteiger partial charge is 0.355 e. The highest BCUT2D eigenvalue weighted by Gasteiger charge is 2.46. The number of hydrogen-bond acceptors (Lipinski definition) is 7. The summed E-state index contributed by atoms with van der Waals surface area (Å²) in [5.74, 6) is -7.53. The lowest BCUT2D eigenvalue weighted by atomic mass is 9.98. The fourth-order valence-corrected chi connectivity index (χ4v) is 3.22. The summed E-state index contributed by atoms with van der Waals surface area (Å²) < 4.78 is 44.4. The molecule has 162 valence electrons. The molecular weight excluding hydrogens is 429 g/mol. The standard InChI is InChI=1S/C20H13F3N6O3/c1-9-15-12(2-3-26-13(15)6-25)28-18(31)16(9)20(22,23)19(32)29-14(8-30)17-11(21)4-10(5-24)7-27-17/h2-4,7,14,30H,8H2,1H3,(H,28,31)(H,29,32)/t14-/m1/s1. The fraction of sp³-hybridized carbons (Fsp3) is 0.200. The van der Waals surface area contributed by atoms with Gasteiger partial charge in [-0.3, -0.25) is 14.6 Å². The Kier molecular flexibility index (Phi) is 5.91. The van der Waals surface area contributed by atoms with Gasteiger partial charge in [0.1, 0.15) is 29.3 Å². The Morgan fingerprint density at radius 3 is 2.66 bits per heavy atom. The molecule has 3 aromatic heterocycles. The molecule has 0 fully saturated rings. The first-order chi connectivity index (χ1) is 15.1. The number of aromatic amines is 1. The molecule has 3 N–H and O–H groups in total. The average molecular weight is 442 g/mol. The summed E-state index contributed by atoms with van der Waals surface area (Å²) in [6.45, 7) is 0.148. The summed E-state index contributed by atoms with van der Waals surface area (Å²) >= 11 is 0. The number of rotatable bonds is 5. The number of aryl methyl sites for hydroxylation is 1. The largest absolute Gasteiger partial charge is 0.394 e. The lowest BCUT2D eigenvalue weighted by Crippen LogP contribution is -2.44. The van der Waals surface area contributed by atoms with Crippen LogP contribution in [0.2, 0.25) is 0 Å². The number of H-pyrrole nitrogens is 1. The van der Waals surface area contributed by atoms with Crippen molar-refractivity contribution in [3.05, 3.63) is 68.8 Å². The number of carbonyl (C=O) groups excluding carboxylic acids is 1. The first-order valence-electron chi connectivity index (χ1n) is 8.93. The third-order valence-electron chi connectivity index (χ3n) is 4.70. The molecule has 12 heteroatoms. The third kappa shape index (κ3) is 3.75. The lowest BCUT2D eigenvalue weighted by molar-refractivity contribution is -0.148. The number of halogens is 3. The van der Waals surface area contributed by atoms with Crippen LogP contribution in [0, 0.1) is 35.4 Å². The van der Waals surface area contributed by atoms with Gasteiger partial charge in [0.15, 0.2) is 0 Å².